The fraction of sp³-hybridized carbons (Fsp3) is 0.500. The molecule has 3 atom stereocenters. The second-order valence-corrected chi connectivity index (χ2v) is 12.7. The number of aromatic nitrogens is 3. The van der Waals surface area contributed by atoms with E-state index in [-0.39, 0.29) is 11.9 Å². The molecule has 3 aromatic rings. The number of likely N-dealkylation sites (tertiary alicyclic amines) is 1. The van der Waals surface area contributed by atoms with Gasteiger partial charge in [0.05, 0.1) is 30.6 Å². The molecule has 2 saturated heterocycles. The summed E-state index contributed by atoms with van der Waals surface area (Å²) in [4.78, 5) is 33.3. The van der Waals surface area contributed by atoms with Gasteiger partial charge in [0.25, 0.3) is 0 Å². The molecule has 11 heteroatoms. The number of carbonyl (C=O) groups excluding carboxylic acids is 1. The van der Waals surface area contributed by atoms with E-state index < -0.39 is 0 Å². The number of halogens is 2. The Labute approximate surface area is 263 Å². The van der Waals surface area contributed by atoms with E-state index in [2.05, 4.69) is 37.8 Å². The second kappa shape index (κ2) is 13.3. The van der Waals surface area contributed by atoms with E-state index in [0.717, 1.165) is 81.9 Å². The molecule has 9 nitrogen and oxygen atoms in total. The first kappa shape index (κ1) is 30.1. The summed E-state index contributed by atoms with van der Waals surface area (Å²) in [5.74, 6) is 2.61. The summed E-state index contributed by atoms with van der Waals surface area (Å²) in [6.45, 7) is 8.79. The van der Waals surface area contributed by atoms with Gasteiger partial charge in [-0.25, -0.2) is 15.0 Å². The summed E-state index contributed by atoms with van der Waals surface area (Å²) in [6.07, 6.45) is 6.49. The highest BCUT2D eigenvalue weighted by molar-refractivity contribution is 6.35. The van der Waals surface area contributed by atoms with Crippen LogP contribution in [0.3, 0.4) is 0 Å². The number of rotatable bonds is 8. The maximum Gasteiger partial charge on any atom is 0.309 e. The lowest BCUT2D eigenvalue weighted by atomic mass is 10.1. The maximum atomic E-state index is 12.3. The van der Waals surface area contributed by atoms with Crippen molar-refractivity contribution < 1.29 is 14.3 Å². The number of carbonyl (C=O) groups is 1. The zero-order valence-electron chi connectivity index (χ0n) is 24.7. The number of hydrogen-bond donors (Lipinski definition) is 0. The Kier molecular flexibility index (Phi) is 9.33. The summed E-state index contributed by atoms with van der Waals surface area (Å²) in [5, 5.41) is 1.09. The Morgan fingerprint density at radius 1 is 0.930 bits per heavy atom. The van der Waals surface area contributed by atoms with E-state index >= 15 is 0 Å². The fourth-order valence-electron chi connectivity index (χ4n) is 6.46. The minimum absolute atomic E-state index is 0.0252. The van der Waals surface area contributed by atoms with Crippen molar-refractivity contribution >= 4 is 35.1 Å². The van der Waals surface area contributed by atoms with Gasteiger partial charge in [0.2, 0.25) is 11.8 Å². The van der Waals surface area contributed by atoms with Crippen molar-refractivity contribution in [2.45, 2.75) is 32.7 Å². The van der Waals surface area contributed by atoms with E-state index in [1.165, 1.54) is 0 Å². The van der Waals surface area contributed by atoms with E-state index in [9.17, 15) is 4.79 Å². The Hall–Kier alpha value is -2.98. The van der Waals surface area contributed by atoms with Gasteiger partial charge in [-0.05, 0) is 94.5 Å². The van der Waals surface area contributed by atoms with Crippen LogP contribution in [0.25, 0.3) is 11.3 Å². The number of nitrogens with zero attached hydrogens (tertiary/aromatic N) is 6. The Morgan fingerprint density at radius 3 is 2.35 bits per heavy atom. The van der Waals surface area contributed by atoms with Crippen LogP contribution < -0.4 is 9.64 Å². The first-order chi connectivity index (χ1) is 20.9. The van der Waals surface area contributed by atoms with E-state index in [1.807, 2.05) is 25.1 Å². The summed E-state index contributed by atoms with van der Waals surface area (Å²) < 4.78 is 11.5. The summed E-state index contributed by atoms with van der Waals surface area (Å²) >= 11 is 12.7. The zero-order valence-corrected chi connectivity index (χ0v) is 26.2. The monoisotopic (exact) mass is 624 g/mol. The molecule has 1 aliphatic carbocycles. The molecule has 0 N–H and O–H groups in total. The quantitative estimate of drug-likeness (QED) is 0.289. The van der Waals surface area contributed by atoms with Crippen molar-refractivity contribution in [3.05, 3.63) is 58.3 Å². The Balaban J connectivity index is 1.19. The smallest absolute Gasteiger partial charge is 0.309 e. The number of benzene rings is 1. The lowest BCUT2D eigenvalue weighted by Gasteiger charge is -2.22. The molecule has 0 radical (unpaired) electrons. The van der Waals surface area contributed by atoms with Crippen LogP contribution >= 0.6 is 23.2 Å². The average molecular weight is 626 g/mol. The van der Waals surface area contributed by atoms with Crippen molar-refractivity contribution in [1.29, 1.82) is 0 Å². The van der Waals surface area contributed by atoms with Crippen LogP contribution in [0.4, 0.5) is 5.95 Å². The van der Waals surface area contributed by atoms with Gasteiger partial charge in [-0.1, -0.05) is 23.2 Å². The normalized spacial score (nSPS) is 22.8. The Bertz CT molecular complexity index is 1410. The number of pyridine rings is 1. The van der Waals surface area contributed by atoms with Crippen LogP contribution in [0, 0.1) is 17.8 Å². The topological polar surface area (TPSA) is 83.9 Å². The van der Waals surface area contributed by atoms with Crippen LogP contribution in [0.2, 0.25) is 10.0 Å². The number of esters is 1. The molecule has 0 spiro atoms. The van der Waals surface area contributed by atoms with Crippen molar-refractivity contribution in [3.63, 3.8) is 0 Å². The van der Waals surface area contributed by atoms with E-state index in [4.69, 9.17) is 37.7 Å². The van der Waals surface area contributed by atoms with Crippen molar-refractivity contribution in [1.82, 2.24) is 24.8 Å². The van der Waals surface area contributed by atoms with Crippen molar-refractivity contribution in [2.75, 3.05) is 57.8 Å². The standard InChI is InChI=1S/C32H38Cl2N6O3/c1-3-42-31(41)30-26-5-9-39(10-6-27(26)30)20-21-13-28(22-15-23(33)17-24(34)16-22)37-29(14-21)43-25-18-35-32(36-19-25)40-8-4-7-38(2)11-12-40/h13-19,26-27,30H,3-12,20H2,1-2H3/t26-,27+,30?. The Morgan fingerprint density at radius 2 is 1.65 bits per heavy atom. The molecule has 4 heterocycles. The van der Waals surface area contributed by atoms with Gasteiger partial charge in [0.15, 0.2) is 5.75 Å². The second-order valence-electron chi connectivity index (χ2n) is 11.8. The van der Waals surface area contributed by atoms with Gasteiger partial charge in [-0.15, -0.1) is 0 Å². The van der Waals surface area contributed by atoms with Crippen LogP contribution in [0.15, 0.2) is 42.7 Å². The molecule has 1 unspecified atom stereocenters. The molecule has 1 saturated carbocycles. The first-order valence-electron chi connectivity index (χ1n) is 15.2. The molecule has 3 fully saturated rings. The molecule has 1 aromatic carbocycles. The third kappa shape index (κ3) is 7.40. The molecule has 2 aromatic heterocycles. The predicted molar refractivity (Wildman–Crippen MR) is 168 cm³/mol. The number of ether oxygens (including phenoxy) is 2. The number of anilines is 1. The highest BCUT2D eigenvalue weighted by atomic mass is 35.5. The van der Waals surface area contributed by atoms with Crippen molar-refractivity contribution in [3.8, 4) is 22.9 Å². The molecule has 2 aliphatic heterocycles. The van der Waals surface area contributed by atoms with Gasteiger partial charge in [0.1, 0.15) is 0 Å². The van der Waals surface area contributed by atoms with Crippen LogP contribution in [-0.2, 0) is 16.1 Å². The minimum atomic E-state index is -0.0252. The van der Waals surface area contributed by atoms with Gasteiger partial charge in [-0.3, -0.25) is 9.69 Å². The molecule has 228 valence electrons. The predicted octanol–water partition coefficient (Wildman–Crippen LogP) is 5.80. The summed E-state index contributed by atoms with van der Waals surface area (Å²) in [7, 11) is 2.14. The molecular weight excluding hydrogens is 587 g/mol. The molecule has 6 rings (SSSR count). The SMILES string of the molecule is CCOC(=O)C1[C@H]2CCN(Cc3cc(Oc4cnc(N5CCCN(C)CC5)nc4)nc(-c4cc(Cl)cc(Cl)c4)c3)CC[C@@H]12. The number of fused-ring (bicyclic) bond motifs is 1. The summed E-state index contributed by atoms with van der Waals surface area (Å²) in [6, 6.07) is 9.46. The van der Waals surface area contributed by atoms with E-state index in [0.29, 0.717) is 46.1 Å². The number of hydrogen-bond acceptors (Lipinski definition) is 9. The van der Waals surface area contributed by atoms with Crippen molar-refractivity contribution in [2.24, 2.45) is 17.8 Å². The zero-order chi connectivity index (χ0) is 29.9. The van der Waals surface area contributed by atoms with E-state index in [1.54, 1.807) is 18.5 Å². The summed E-state index contributed by atoms with van der Waals surface area (Å²) in [5.41, 5.74) is 2.61. The fourth-order valence-corrected chi connectivity index (χ4v) is 6.98. The molecule has 0 bridgehead atoms. The number of likely N-dealkylation sites (N-methyl/N-ethyl adjacent to an activating group) is 1. The van der Waals surface area contributed by atoms with Gasteiger partial charge >= 0.3 is 5.97 Å². The van der Waals surface area contributed by atoms with Crippen LogP contribution in [0.5, 0.6) is 11.6 Å². The molecular formula is C32H38Cl2N6O3. The lowest BCUT2D eigenvalue weighted by Crippen LogP contribution is -2.30. The van der Waals surface area contributed by atoms with Gasteiger partial charge in [-0.2, -0.15) is 0 Å². The highest BCUT2D eigenvalue weighted by Crippen LogP contribution is 2.53. The molecule has 43 heavy (non-hydrogen) atoms. The van der Waals surface area contributed by atoms with Gasteiger partial charge < -0.3 is 19.3 Å². The molecule has 3 aliphatic rings. The largest absolute Gasteiger partial charge is 0.466 e. The van der Waals surface area contributed by atoms with Crippen LogP contribution in [0.1, 0.15) is 31.7 Å². The maximum absolute atomic E-state index is 12.3. The third-order valence-electron chi connectivity index (χ3n) is 8.71. The highest BCUT2D eigenvalue weighted by Gasteiger charge is 2.55. The lowest BCUT2D eigenvalue weighted by molar-refractivity contribution is -0.145. The molecule has 0 amide bonds. The first-order valence-corrected chi connectivity index (χ1v) is 15.9. The van der Waals surface area contributed by atoms with Gasteiger partial charge in [0, 0.05) is 47.9 Å². The average Bonchev–Trinajstić information content (AvgIpc) is 3.75. The van der Waals surface area contributed by atoms with Crippen LogP contribution in [-0.4, -0.2) is 83.6 Å². The minimum Gasteiger partial charge on any atom is -0.466 e. The third-order valence-corrected chi connectivity index (χ3v) is 9.15.